The van der Waals surface area contributed by atoms with E-state index in [9.17, 15) is 9.90 Å². The van der Waals surface area contributed by atoms with Gasteiger partial charge in [-0.25, -0.2) is 4.79 Å². The summed E-state index contributed by atoms with van der Waals surface area (Å²) in [5, 5.41) is 15.2. The summed E-state index contributed by atoms with van der Waals surface area (Å²) in [4.78, 5) is 14.6. The van der Waals surface area contributed by atoms with Crippen molar-refractivity contribution in [2.45, 2.75) is 51.9 Å². The van der Waals surface area contributed by atoms with Crippen LogP contribution in [0.25, 0.3) is 0 Å². The number of benzene rings is 3. The highest BCUT2D eigenvalue weighted by Crippen LogP contribution is 2.43. The van der Waals surface area contributed by atoms with Gasteiger partial charge in [-0.2, -0.15) is 0 Å². The molecule has 2 heterocycles. The number of rotatable bonds is 9. The molecule has 3 aromatic rings. The maximum absolute atomic E-state index is 12.1. The van der Waals surface area contributed by atoms with Crippen LogP contribution < -0.4 is 20.1 Å². The summed E-state index contributed by atoms with van der Waals surface area (Å²) in [6, 6.07) is 19.4. The number of aliphatic hydroxyl groups excluding tert-OH is 1. The molecule has 4 atom stereocenters. The van der Waals surface area contributed by atoms with Gasteiger partial charge in [0.1, 0.15) is 0 Å². The molecule has 9 heteroatoms. The lowest BCUT2D eigenvalue weighted by molar-refractivity contribution is -0.276. The Bertz CT molecular complexity index is 1360. The molecular weight excluding hydrogens is 534 g/mol. The zero-order chi connectivity index (χ0) is 29.6. The fourth-order valence-electron chi connectivity index (χ4n) is 5.78. The first-order valence-corrected chi connectivity index (χ1v) is 14.5. The number of carbonyl (C=O) groups excluding carboxylic acids is 1. The highest BCUT2D eigenvalue weighted by atomic mass is 16.7. The van der Waals surface area contributed by atoms with Crippen molar-refractivity contribution in [1.82, 2.24) is 10.2 Å². The fraction of sp³-hybridized carbons (Fsp3) is 0.424. The topological polar surface area (TPSA) is 102 Å². The van der Waals surface area contributed by atoms with Crippen molar-refractivity contribution in [2.75, 3.05) is 39.2 Å². The molecule has 0 saturated carbocycles. The van der Waals surface area contributed by atoms with Gasteiger partial charge in [-0.05, 0) is 59.9 Å². The van der Waals surface area contributed by atoms with Gasteiger partial charge < -0.3 is 34.7 Å². The van der Waals surface area contributed by atoms with Crippen molar-refractivity contribution in [3.63, 3.8) is 0 Å². The van der Waals surface area contributed by atoms with E-state index in [1.807, 2.05) is 55.5 Å². The molecule has 3 aromatic carbocycles. The Hall–Kier alpha value is -3.63. The molecule has 0 aliphatic carbocycles. The summed E-state index contributed by atoms with van der Waals surface area (Å²) in [5.41, 5.74) is 5.90. The molecular formula is C33H41N3O6. The van der Waals surface area contributed by atoms with Gasteiger partial charge in [-0.3, -0.25) is 4.90 Å². The number of ether oxygens (including phenoxy) is 4. The Morgan fingerprint density at radius 1 is 1.00 bits per heavy atom. The quantitative estimate of drug-likeness (QED) is 0.323. The summed E-state index contributed by atoms with van der Waals surface area (Å²) in [5.74, 6) is 1.55. The minimum absolute atomic E-state index is 0.00574. The molecule has 3 N–H and O–H groups in total. The third-order valence-electron chi connectivity index (χ3n) is 8.11. The molecule has 0 aromatic heterocycles. The molecule has 1 saturated heterocycles. The molecule has 42 heavy (non-hydrogen) atoms. The van der Waals surface area contributed by atoms with E-state index in [0.29, 0.717) is 12.2 Å². The first-order valence-electron chi connectivity index (χ1n) is 14.5. The minimum atomic E-state index is -0.619. The first kappa shape index (κ1) is 29.8. The van der Waals surface area contributed by atoms with Crippen LogP contribution in [-0.4, -0.2) is 56.0 Å². The SMILES string of the molecule is CCNC(=O)Nc1cccc([C@@H]2O[C@H](CN3CCc4cc(OC)c(OC)cc4C3)[C@H](C)[C@H](c3ccc(CO)cc3)O2)c1. The van der Waals surface area contributed by atoms with Crippen LogP contribution in [0.15, 0.2) is 60.7 Å². The average Bonchev–Trinajstić information content (AvgIpc) is 3.01. The standard InChI is InChI=1S/C33H41N3O6/c1-5-34-33(38)35-27-8-6-7-25(15-27)32-41-30(21(2)31(42-32)23-11-9-22(20-37)10-12-23)19-36-14-13-24-16-28(39-3)29(40-4)17-26(24)18-36/h6-12,15-17,21,30-32,37H,5,13-14,18-20H2,1-4H3,(H2,34,35,38)/t21-,30+,31+,32+/m0/s1. The number of hydrogen-bond acceptors (Lipinski definition) is 7. The van der Waals surface area contributed by atoms with Gasteiger partial charge >= 0.3 is 6.03 Å². The summed E-state index contributed by atoms with van der Waals surface area (Å²) in [7, 11) is 3.33. The van der Waals surface area contributed by atoms with Crippen LogP contribution in [0.5, 0.6) is 11.5 Å². The van der Waals surface area contributed by atoms with Crippen molar-refractivity contribution in [1.29, 1.82) is 0 Å². The van der Waals surface area contributed by atoms with Crippen LogP contribution >= 0.6 is 0 Å². The number of fused-ring (bicyclic) bond motifs is 1. The summed E-state index contributed by atoms with van der Waals surface area (Å²) < 4.78 is 24.4. The number of hydrogen-bond donors (Lipinski definition) is 3. The number of nitrogens with zero attached hydrogens (tertiary/aromatic N) is 1. The molecule has 224 valence electrons. The van der Waals surface area contributed by atoms with Crippen LogP contribution in [0.1, 0.15) is 54.1 Å². The second-order valence-corrected chi connectivity index (χ2v) is 10.9. The largest absolute Gasteiger partial charge is 0.493 e. The predicted octanol–water partition coefficient (Wildman–Crippen LogP) is 5.19. The molecule has 5 rings (SSSR count). The van der Waals surface area contributed by atoms with E-state index in [-0.39, 0.29) is 30.8 Å². The monoisotopic (exact) mass is 575 g/mol. The lowest BCUT2D eigenvalue weighted by Gasteiger charge is -2.43. The van der Waals surface area contributed by atoms with Crippen molar-refractivity contribution in [2.24, 2.45) is 5.92 Å². The summed E-state index contributed by atoms with van der Waals surface area (Å²) in [6.45, 7) is 7.01. The van der Waals surface area contributed by atoms with Crippen LogP contribution in [0.3, 0.4) is 0 Å². The van der Waals surface area contributed by atoms with E-state index >= 15 is 0 Å². The van der Waals surface area contributed by atoms with Gasteiger partial charge in [0.15, 0.2) is 17.8 Å². The zero-order valence-electron chi connectivity index (χ0n) is 24.8. The third-order valence-corrected chi connectivity index (χ3v) is 8.11. The van der Waals surface area contributed by atoms with Gasteiger partial charge in [0, 0.05) is 43.3 Å². The Kier molecular flexibility index (Phi) is 9.64. The van der Waals surface area contributed by atoms with Gasteiger partial charge in [-0.15, -0.1) is 0 Å². The number of methoxy groups -OCH3 is 2. The molecule has 0 bridgehead atoms. The smallest absolute Gasteiger partial charge is 0.319 e. The number of anilines is 1. The first-order chi connectivity index (χ1) is 20.4. The summed E-state index contributed by atoms with van der Waals surface area (Å²) >= 11 is 0. The highest BCUT2D eigenvalue weighted by molar-refractivity contribution is 5.89. The van der Waals surface area contributed by atoms with E-state index in [0.717, 1.165) is 54.2 Å². The number of urea groups is 1. The number of amides is 2. The Morgan fingerprint density at radius 3 is 2.43 bits per heavy atom. The lowest BCUT2D eigenvalue weighted by Crippen LogP contribution is -2.45. The zero-order valence-corrected chi connectivity index (χ0v) is 24.8. The van der Waals surface area contributed by atoms with Gasteiger partial charge in [0.2, 0.25) is 0 Å². The van der Waals surface area contributed by atoms with E-state index < -0.39 is 6.29 Å². The number of aliphatic hydroxyl groups is 1. The molecule has 2 amide bonds. The number of nitrogens with one attached hydrogen (secondary N) is 2. The maximum atomic E-state index is 12.1. The Morgan fingerprint density at radius 2 is 1.74 bits per heavy atom. The molecule has 0 spiro atoms. The van der Waals surface area contributed by atoms with Crippen molar-refractivity contribution in [3.05, 3.63) is 88.5 Å². The van der Waals surface area contributed by atoms with Crippen molar-refractivity contribution < 1.29 is 28.8 Å². The predicted molar refractivity (Wildman–Crippen MR) is 161 cm³/mol. The van der Waals surface area contributed by atoms with E-state index in [2.05, 4.69) is 34.6 Å². The van der Waals surface area contributed by atoms with E-state index in [1.54, 1.807) is 14.2 Å². The maximum Gasteiger partial charge on any atom is 0.319 e. The number of carbonyl (C=O) groups is 1. The van der Waals surface area contributed by atoms with Gasteiger partial charge in [-0.1, -0.05) is 43.3 Å². The van der Waals surface area contributed by atoms with Gasteiger partial charge in [0.05, 0.1) is 33.0 Å². The summed E-state index contributed by atoms with van der Waals surface area (Å²) in [6.07, 6.45) is -0.0434. The van der Waals surface area contributed by atoms with Gasteiger partial charge in [0.25, 0.3) is 0 Å². The highest BCUT2D eigenvalue weighted by Gasteiger charge is 2.39. The van der Waals surface area contributed by atoms with Crippen molar-refractivity contribution >= 4 is 11.7 Å². The van der Waals surface area contributed by atoms with Crippen LogP contribution in [-0.2, 0) is 29.0 Å². The second-order valence-electron chi connectivity index (χ2n) is 10.9. The average molecular weight is 576 g/mol. The fourth-order valence-corrected chi connectivity index (χ4v) is 5.78. The Balaban J connectivity index is 1.39. The van der Waals surface area contributed by atoms with E-state index in [4.69, 9.17) is 18.9 Å². The molecule has 0 unspecified atom stereocenters. The van der Waals surface area contributed by atoms with Crippen LogP contribution in [0.4, 0.5) is 10.5 Å². The normalized spacial score (nSPS) is 22.2. The van der Waals surface area contributed by atoms with Crippen LogP contribution in [0.2, 0.25) is 0 Å². The molecule has 2 aliphatic heterocycles. The van der Waals surface area contributed by atoms with Crippen LogP contribution in [0, 0.1) is 5.92 Å². The Labute approximate surface area is 247 Å². The lowest BCUT2D eigenvalue weighted by atomic mass is 9.89. The molecule has 9 nitrogen and oxygen atoms in total. The molecule has 1 fully saturated rings. The van der Waals surface area contributed by atoms with Crippen molar-refractivity contribution in [3.8, 4) is 11.5 Å². The molecule has 0 radical (unpaired) electrons. The second kappa shape index (κ2) is 13.6. The third kappa shape index (κ3) is 6.71. The molecule has 2 aliphatic rings. The van der Waals surface area contributed by atoms with E-state index in [1.165, 1.54) is 11.1 Å². The minimum Gasteiger partial charge on any atom is -0.493 e.